The van der Waals surface area contributed by atoms with Crippen molar-refractivity contribution in [3.63, 3.8) is 0 Å². The Morgan fingerprint density at radius 3 is 2.72 bits per heavy atom. The van der Waals surface area contributed by atoms with Gasteiger partial charge in [-0.1, -0.05) is 38.2 Å². The number of allylic oxidation sites excluding steroid dienone is 4. The summed E-state index contributed by atoms with van der Waals surface area (Å²) in [6.45, 7) is 6.06. The van der Waals surface area contributed by atoms with E-state index in [0.717, 1.165) is 24.1 Å². The molecule has 0 aliphatic rings. The summed E-state index contributed by atoms with van der Waals surface area (Å²) in [4.78, 5) is 11.3. The zero-order valence-corrected chi connectivity index (χ0v) is 11.2. The molecular formula is C14H21N3O. The molecule has 1 unspecified atom stereocenters. The third kappa shape index (κ3) is 3.32. The number of hydrogen-bond donors (Lipinski definition) is 2. The molecule has 0 saturated carbocycles. The Kier molecular flexibility index (Phi) is 5.36. The summed E-state index contributed by atoms with van der Waals surface area (Å²) in [5.41, 5.74) is 7.51. The van der Waals surface area contributed by atoms with Crippen LogP contribution in [-0.2, 0) is 0 Å². The predicted molar refractivity (Wildman–Crippen MR) is 73.4 cm³/mol. The molecule has 4 heteroatoms. The fourth-order valence-electron chi connectivity index (χ4n) is 1.93. The maximum atomic E-state index is 11.3. The molecule has 0 bridgehead atoms. The SMILES string of the molecule is CCC=CC=CC(CC)c1c(C)n[nH]c1C(N)=O. The van der Waals surface area contributed by atoms with Gasteiger partial charge in [-0.25, -0.2) is 0 Å². The Bertz CT molecular complexity index is 458. The fourth-order valence-corrected chi connectivity index (χ4v) is 1.93. The van der Waals surface area contributed by atoms with Gasteiger partial charge in [0.05, 0.1) is 5.69 Å². The van der Waals surface area contributed by atoms with Crippen molar-refractivity contribution in [1.82, 2.24) is 10.2 Å². The standard InChI is InChI=1S/C14H21N3O/c1-4-6-7-8-9-11(5-2)12-10(3)16-17-13(12)14(15)18/h6-9,11H,4-5H2,1-3H3,(H2,15,18)(H,16,17). The van der Waals surface area contributed by atoms with Gasteiger partial charge in [-0.15, -0.1) is 0 Å². The molecule has 1 heterocycles. The minimum absolute atomic E-state index is 0.160. The van der Waals surface area contributed by atoms with E-state index in [1.807, 2.05) is 19.1 Å². The number of aromatic nitrogens is 2. The van der Waals surface area contributed by atoms with E-state index in [1.165, 1.54) is 0 Å². The molecule has 4 nitrogen and oxygen atoms in total. The number of carbonyl (C=O) groups excluding carboxylic acids is 1. The van der Waals surface area contributed by atoms with Crippen molar-refractivity contribution < 1.29 is 4.79 Å². The molecule has 1 aromatic heterocycles. The second kappa shape index (κ2) is 6.79. The second-order valence-corrected chi connectivity index (χ2v) is 4.20. The van der Waals surface area contributed by atoms with Gasteiger partial charge < -0.3 is 5.73 Å². The molecule has 0 saturated heterocycles. The van der Waals surface area contributed by atoms with Gasteiger partial charge in [-0.3, -0.25) is 9.89 Å². The normalized spacial score (nSPS) is 13.5. The first-order chi connectivity index (χ1) is 8.61. The average molecular weight is 247 g/mol. The van der Waals surface area contributed by atoms with Crippen molar-refractivity contribution in [3.05, 3.63) is 41.3 Å². The quantitative estimate of drug-likeness (QED) is 0.759. The zero-order chi connectivity index (χ0) is 13.5. The zero-order valence-electron chi connectivity index (χ0n) is 11.2. The van der Waals surface area contributed by atoms with Gasteiger partial charge in [0.2, 0.25) is 0 Å². The van der Waals surface area contributed by atoms with Gasteiger partial charge in [0.1, 0.15) is 5.69 Å². The number of primary amides is 1. The van der Waals surface area contributed by atoms with Crippen LogP contribution in [0.15, 0.2) is 24.3 Å². The van der Waals surface area contributed by atoms with Gasteiger partial charge >= 0.3 is 0 Å². The number of aryl methyl sites for hydroxylation is 1. The molecule has 1 atom stereocenters. The Labute approximate surface area is 108 Å². The molecule has 0 fully saturated rings. The van der Waals surface area contributed by atoms with Crippen LogP contribution in [0.25, 0.3) is 0 Å². The molecule has 0 spiro atoms. The molecule has 1 aromatic rings. The summed E-state index contributed by atoms with van der Waals surface area (Å²) in [5, 5.41) is 6.79. The number of nitrogens with two attached hydrogens (primary N) is 1. The lowest BCUT2D eigenvalue weighted by Gasteiger charge is -2.10. The molecule has 0 aliphatic carbocycles. The molecule has 98 valence electrons. The summed E-state index contributed by atoms with van der Waals surface area (Å²) < 4.78 is 0. The lowest BCUT2D eigenvalue weighted by Crippen LogP contribution is -2.15. The van der Waals surface area contributed by atoms with E-state index >= 15 is 0 Å². The van der Waals surface area contributed by atoms with Gasteiger partial charge in [0, 0.05) is 11.5 Å². The van der Waals surface area contributed by atoms with E-state index in [0.29, 0.717) is 5.69 Å². The maximum absolute atomic E-state index is 11.3. The number of H-pyrrole nitrogens is 1. The van der Waals surface area contributed by atoms with E-state index in [4.69, 9.17) is 5.73 Å². The molecule has 1 amide bonds. The van der Waals surface area contributed by atoms with E-state index < -0.39 is 5.91 Å². The van der Waals surface area contributed by atoms with E-state index in [2.05, 4.69) is 36.2 Å². The van der Waals surface area contributed by atoms with Crippen LogP contribution in [-0.4, -0.2) is 16.1 Å². The predicted octanol–water partition coefficient (Wildman–Crippen LogP) is 2.83. The number of rotatable bonds is 6. The molecule has 0 aliphatic heterocycles. The Hall–Kier alpha value is -1.84. The largest absolute Gasteiger partial charge is 0.364 e. The van der Waals surface area contributed by atoms with Crippen molar-refractivity contribution >= 4 is 5.91 Å². The van der Waals surface area contributed by atoms with Crippen molar-refractivity contribution in [3.8, 4) is 0 Å². The van der Waals surface area contributed by atoms with Crippen molar-refractivity contribution in [2.45, 2.75) is 39.5 Å². The molecule has 18 heavy (non-hydrogen) atoms. The van der Waals surface area contributed by atoms with Crippen LogP contribution in [0.5, 0.6) is 0 Å². The fraction of sp³-hybridized carbons (Fsp3) is 0.429. The van der Waals surface area contributed by atoms with Gasteiger partial charge in [0.15, 0.2) is 0 Å². The Balaban J connectivity index is 3.01. The molecule has 0 radical (unpaired) electrons. The minimum atomic E-state index is -0.457. The number of hydrogen-bond acceptors (Lipinski definition) is 2. The minimum Gasteiger partial charge on any atom is -0.364 e. The van der Waals surface area contributed by atoms with Crippen molar-refractivity contribution in [2.24, 2.45) is 5.73 Å². The van der Waals surface area contributed by atoms with E-state index in [9.17, 15) is 4.79 Å². The maximum Gasteiger partial charge on any atom is 0.267 e. The van der Waals surface area contributed by atoms with Crippen LogP contribution in [0.1, 0.15) is 54.4 Å². The lowest BCUT2D eigenvalue weighted by atomic mass is 9.93. The first-order valence-electron chi connectivity index (χ1n) is 6.29. The van der Waals surface area contributed by atoms with Crippen molar-refractivity contribution in [1.29, 1.82) is 0 Å². The summed E-state index contributed by atoms with van der Waals surface area (Å²) >= 11 is 0. The van der Waals surface area contributed by atoms with Crippen LogP contribution in [0.4, 0.5) is 0 Å². The highest BCUT2D eigenvalue weighted by molar-refractivity contribution is 5.92. The van der Waals surface area contributed by atoms with Crippen molar-refractivity contribution in [2.75, 3.05) is 0 Å². The average Bonchev–Trinajstić information content (AvgIpc) is 2.72. The first kappa shape index (κ1) is 14.2. The number of amides is 1. The molecule has 1 rings (SSSR count). The monoisotopic (exact) mass is 247 g/mol. The Morgan fingerprint density at radius 2 is 2.17 bits per heavy atom. The highest BCUT2D eigenvalue weighted by Gasteiger charge is 2.19. The van der Waals surface area contributed by atoms with E-state index in [1.54, 1.807) is 0 Å². The smallest absolute Gasteiger partial charge is 0.267 e. The van der Waals surface area contributed by atoms with Crippen LogP contribution in [0.2, 0.25) is 0 Å². The third-order valence-corrected chi connectivity index (χ3v) is 2.88. The lowest BCUT2D eigenvalue weighted by molar-refractivity contribution is 0.0994. The van der Waals surface area contributed by atoms with E-state index in [-0.39, 0.29) is 5.92 Å². The summed E-state index contributed by atoms with van der Waals surface area (Å²) in [6.07, 6.45) is 10.1. The summed E-state index contributed by atoms with van der Waals surface area (Å²) in [7, 11) is 0. The van der Waals surface area contributed by atoms with Crippen LogP contribution in [0.3, 0.4) is 0 Å². The number of carbonyl (C=O) groups is 1. The van der Waals surface area contributed by atoms with Gasteiger partial charge in [-0.05, 0) is 19.8 Å². The molecule has 3 N–H and O–H groups in total. The summed E-state index contributed by atoms with van der Waals surface area (Å²) in [5.74, 6) is -0.297. The highest BCUT2D eigenvalue weighted by Crippen LogP contribution is 2.26. The van der Waals surface area contributed by atoms with Gasteiger partial charge in [-0.2, -0.15) is 5.10 Å². The topological polar surface area (TPSA) is 71.8 Å². The van der Waals surface area contributed by atoms with Crippen LogP contribution < -0.4 is 5.73 Å². The number of nitrogens with one attached hydrogen (secondary N) is 1. The second-order valence-electron chi connectivity index (χ2n) is 4.20. The van der Waals surface area contributed by atoms with Crippen LogP contribution >= 0.6 is 0 Å². The number of nitrogens with zero attached hydrogens (tertiary/aromatic N) is 1. The third-order valence-electron chi connectivity index (χ3n) is 2.88. The Morgan fingerprint density at radius 1 is 1.44 bits per heavy atom. The van der Waals surface area contributed by atoms with Crippen LogP contribution in [0, 0.1) is 6.92 Å². The first-order valence-corrected chi connectivity index (χ1v) is 6.29. The van der Waals surface area contributed by atoms with Gasteiger partial charge in [0.25, 0.3) is 5.91 Å². The molecule has 0 aromatic carbocycles. The number of aromatic amines is 1. The summed E-state index contributed by atoms with van der Waals surface area (Å²) in [6, 6.07) is 0. The highest BCUT2D eigenvalue weighted by atomic mass is 16.1. The molecular weight excluding hydrogens is 226 g/mol.